The molecule has 1 N–H and O–H groups in total. The van der Waals surface area contributed by atoms with Crippen molar-refractivity contribution in [1.29, 1.82) is 0 Å². The number of imidazole rings is 1. The van der Waals surface area contributed by atoms with E-state index in [-0.39, 0.29) is 0 Å². The summed E-state index contributed by atoms with van der Waals surface area (Å²) in [5.74, 6) is 0. The van der Waals surface area contributed by atoms with Gasteiger partial charge in [-0.2, -0.15) is 0 Å². The van der Waals surface area contributed by atoms with Crippen molar-refractivity contribution in [2.75, 3.05) is 0 Å². The molecule has 0 aliphatic carbocycles. The molecule has 1 aromatic carbocycles. The van der Waals surface area contributed by atoms with E-state index in [4.69, 9.17) is 11.6 Å². The first-order valence-electron chi connectivity index (χ1n) is 6.25. The molecule has 0 amide bonds. The molecule has 2 rings (SSSR count). The van der Waals surface area contributed by atoms with E-state index < -0.39 is 0 Å². The largest absolute Gasteiger partial charge is 0.351 e. The summed E-state index contributed by atoms with van der Waals surface area (Å²) in [6, 6.07) is 8.06. The van der Waals surface area contributed by atoms with Crippen LogP contribution in [0.1, 0.15) is 30.5 Å². The normalized spacial score (nSPS) is 11.2. The molecule has 0 radical (unpaired) electrons. The Morgan fingerprint density at radius 2 is 2.11 bits per heavy atom. The van der Waals surface area contributed by atoms with Crippen molar-refractivity contribution < 1.29 is 0 Å². The second kappa shape index (κ2) is 7.02. The van der Waals surface area contributed by atoms with E-state index in [0.717, 1.165) is 30.0 Å². The number of aromatic amines is 1. The molecule has 1 heterocycles. The Labute approximate surface area is 113 Å². The van der Waals surface area contributed by atoms with Crippen LogP contribution in [-0.4, -0.2) is 9.97 Å². The SMILES string of the molecule is Clc1ccccc1CCCCC=Cc1c[nH]cn1. The van der Waals surface area contributed by atoms with E-state index in [1.165, 1.54) is 12.0 Å². The summed E-state index contributed by atoms with van der Waals surface area (Å²) in [6.07, 6.45) is 12.3. The molecule has 0 unspecified atom stereocenters. The maximum Gasteiger partial charge on any atom is 0.0927 e. The highest BCUT2D eigenvalue weighted by atomic mass is 35.5. The number of aryl methyl sites for hydroxylation is 1. The summed E-state index contributed by atoms with van der Waals surface area (Å²) >= 11 is 6.11. The fraction of sp³-hybridized carbons (Fsp3) is 0.267. The number of hydrogen-bond acceptors (Lipinski definition) is 1. The summed E-state index contributed by atoms with van der Waals surface area (Å²) in [6.45, 7) is 0. The van der Waals surface area contributed by atoms with Crippen molar-refractivity contribution >= 4 is 17.7 Å². The molecule has 0 saturated heterocycles. The Kier molecular flexibility index (Phi) is 5.03. The number of allylic oxidation sites excluding steroid dienone is 1. The summed E-state index contributed by atoms with van der Waals surface area (Å²) in [4.78, 5) is 7.07. The van der Waals surface area contributed by atoms with Crippen LogP contribution in [0.25, 0.3) is 6.08 Å². The zero-order valence-electron chi connectivity index (χ0n) is 10.3. The van der Waals surface area contributed by atoms with Gasteiger partial charge in [0.15, 0.2) is 0 Å². The van der Waals surface area contributed by atoms with Crippen LogP contribution in [0.5, 0.6) is 0 Å². The zero-order chi connectivity index (χ0) is 12.6. The third-order valence-corrected chi connectivity index (χ3v) is 3.20. The molecule has 1 aromatic heterocycles. The van der Waals surface area contributed by atoms with Crippen LogP contribution < -0.4 is 0 Å². The van der Waals surface area contributed by atoms with Gasteiger partial charge in [0, 0.05) is 11.2 Å². The number of benzene rings is 1. The van der Waals surface area contributed by atoms with Crippen LogP contribution in [-0.2, 0) is 6.42 Å². The van der Waals surface area contributed by atoms with Gasteiger partial charge in [0.2, 0.25) is 0 Å². The van der Waals surface area contributed by atoms with Crippen LogP contribution >= 0.6 is 11.6 Å². The second-order valence-corrected chi connectivity index (χ2v) is 4.64. The molecule has 0 spiro atoms. The van der Waals surface area contributed by atoms with Gasteiger partial charge in [0.05, 0.1) is 12.0 Å². The molecule has 2 aromatic rings. The maximum atomic E-state index is 6.11. The molecular weight excluding hydrogens is 244 g/mol. The van der Waals surface area contributed by atoms with E-state index in [0.29, 0.717) is 0 Å². The van der Waals surface area contributed by atoms with E-state index in [9.17, 15) is 0 Å². The van der Waals surface area contributed by atoms with Gasteiger partial charge in [-0.05, 0) is 43.4 Å². The van der Waals surface area contributed by atoms with Gasteiger partial charge in [-0.25, -0.2) is 4.98 Å². The fourth-order valence-electron chi connectivity index (χ4n) is 1.85. The van der Waals surface area contributed by atoms with Crippen molar-refractivity contribution in [3.05, 3.63) is 59.1 Å². The van der Waals surface area contributed by atoms with E-state index in [1.54, 1.807) is 6.33 Å². The minimum Gasteiger partial charge on any atom is -0.351 e. The quantitative estimate of drug-likeness (QED) is 0.762. The zero-order valence-corrected chi connectivity index (χ0v) is 11.0. The first-order chi connectivity index (χ1) is 8.86. The lowest BCUT2D eigenvalue weighted by Gasteiger charge is -2.02. The Morgan fingerprint density at radius 3 is 2.89 bits per heavy atom. The molecule has 2 nitrogen and oxygen atoms in total. The Balaban J connectivity index is 1.66. The summed E-state index contributed by atoms with van der Waals surface area (Å²) in [7, 11) is 0. The highest BCUT2D eigenvalue weighted by molar-refractivity contribution is 6.31. The fourth-order valence-corrected chi connectivity index (χ4v) is 2.08. The summed E-state index contributed by atoms with van der Waals surface area (Å²) < 4.78 is 0. The average molecular weight is 261 g/mol. The van der Waals surface area contributed by atoms with E-state index in [1.807, 2.05) is 30.5 Å². The monoisotopic (exact) mass is 260 g/mol. The Morgan fingerprint density at radius 1 is 1.22 bits per heavy atom. The van der Waals surface area contributed by atoms with Crippen molar-refractivity contribution in [2.24, 2.45) is 0 Å². The third kappa shape index (κ3) is 4.04. The van der Waals surface area contributed by atoms with Crippen molar-refractivity contribution in [1.82, 2.24) is 9.97 Å². The van der Waals surface area contributed by atoms with Crippen LogP contribution in [0.2, 0.25) is 5.02 Å². The van der Waals surface area contributed by atoms with Gasteiger partial charge in [-0.3, -0.25) is 0 Å². The van der Waals surface area contributed by atoms with Gasteiger partial charge >= 0.3 is 0 Å². The molecule has 0 fully saturated rings. The van der Waals surface area contributed by atoms with Crippen molar-refractivity contribution in [3.63, 3.8) is 0 Å². The number of aromatic nitrogens is 2. The molecule has 94 valence electrons. The maximum absolute atomic E-state index is 6.11. The molecule has 0 aliphatic rings. The first-order valence-corrected chi connectivity index (χ1v) is 6.63. The summed E-state index contributed by atoms with van der Waals surface area (Å²) in [5.41, 5.74) is 2.23. The van der Waals surface area contributed by atoms with Crippen molar-refractivity contribution in [3.8, 4) is 0 Å². The molecule has 0 atom stereocenters. The first kappa shape index (κ1) is 12.9. The van der Waals surface area contributed by atoms with Crippen LogP contribution in [0, 0.1) is 0 Å². The minimum absolute atomic E-state index is 0.879. The van der Waals surface area contributed by atoms with Gasteiger partial charge in [-0.1, -0.05) is 35.9 Å². The number of H-pyrrole nitrogens is 1. The average Bonchev–Trinajstić information content (AvgIpc) is 2.89. The lowest BCUT2D eigenvalue weighted by molar-refractivity contribution is 0.749. The van der Waals surface area contributed by atoms with Gasteiger partial charge < -0.3 is 4.98 Å². The third-order valence-electron chi connectivity index (χ3n) is 2.83. The van der Waals surface area contributed by atoms with Crippen LogP contribution in [0.4, 0.5) is 0 Å². The van der Waals surface area contributed by atoms with Gasteiger partial charge in [-0.15, -0.1) is 0 Å². The predicted molar refractivity (Wildman–Crippen MR) is 76.6 cm³/mol. The number of hydrogen-bond donors (Lipinski definition) is 1. The lowest BCUT2D eigenvalue weighted by atomic mass is 10.1. The predicted octanol–water partition coefficient (Wildman–Crippen LogP) is 4.49. The lowest BCUT2D eigenvalue weighted by Crippen LogP contribution is -1.86. The van der Waals surface area contributed by atoms with Gasteiger partial charge in [0.1, 0.15) is 0 Å². The highest BCUT2D eigenvalue weighted by Gasteiger charge is 1.97. The molecule has 0 bridgehead atoms. The minimum atomic E-state index is 0.879. The standard InChI is InChI=1S/C15H17ClN2/c16-15-10-6-5-8-13(15)7-3-1-2-4-9-14-11-17-12-18-14/h4-6,8-12H,1-3,7H2,(H,17,18). The molecular formula is C15H17ClN2. The van der Waals surface area contributed by atoms with E-state index >= 15 is 0 Å². The molecule has 0 aliphatic heterocycles. The van der Waals surface area contributed by atoms with Crippen molar-refractivity contribution in [2.45, 2.75) is 25.7 Å². The number of rotatable bonds is 6. The van der Waals surface area contributed by atoms with Crippen LogP contribution in [0.15, 0.2) is 42.9 Å². The number of halogens is 1. The smallest absolute Gasteiger partial charge is 0.0927 e. The second-order valence-electron chi connectivity index (χ2n) is 4.23. The topological polar surface area (TPSA) is 28.7 Å². The van der Waals surface area contributed by atoms with Crippen LogP contribution in [0.3, 0.4) is 0 Å². The highest BCUT2D eigenvalue weighted by Crippen LogP contribution is 2.17. The number of unbranched alkanes of at least 4 members (excludes halogenated alkanes) is 2. The molecule has 0 saturated carbocycles. The molecule has 18 heavy (non-hydrogen) atoms. The van der Waals surface area contributed by atoms with Gasteiger partial charge in [0.25, 0.3) is 0 Å². The summed E-state index contributed by atoms with van der Waals surface area (Å²) in [5, 5.41) is 0.879. The Bertz CT molecular complexity index is 489. The van der Waals surface area contributed by atoms with E-state index in [2.05, 4.69) is 22.1 Å². The number of nitrogens with one attached hydrogen (secondary N) is 1. The number of nitrogens with zero attached hydrogens (tertiary/aromatic N) is 1. The molecule has 3 heteroatoms. The Hall–Kier alpha value is -1.54.